The fourth-order valence-electron chi connectivity index (χ4n) is 4.33. The summed E-state index contributed by atoms with van der Waals surface area (Å²) < 4.78 is 28.4. The van der Waals surface area contributed by atoms with E-state index in [1.165, 1.54) is 6.07 Å². The highest BCUT2D eigenvalue weighted by Gasteiger charge is 2.26. The average Bonchev–Trinajstić information content (AvgIpc) is 3.49. The minimum absolute atomic E-state index is 0.147. The largest absolute Gasteiger partial charge is 0.435 e. The smallest absolute Gasteiger partial charge is 0.227 e. The lowest BCUT2D eigenvalue weighted by Gasteiger charge is -2.27. The third-order valence-electron chi connectivity index (χ3n) is 6.21. The van der Waals surface area contributed by atoms with Crippen molar-refractivity contribution < 1.29 is 19.0 Å². The van der Waals surface area contributed by atoms with Crippen LogP contribution in [0, 0.1) is 5.82 Å². The van der Waals surface area contributed by atoms with Crippen LogP contribution < -0.4 is 4.74 Å². The Morgan fingerprint density at radius 3 is 2.62 bits per heavy atom. The van der Waals surface area contributed by atoms with Crippen molar-refractivity contribution in [3.05, 3.63) is 71.7 Å². The molecule has 1 saturated heterocycles. The third kappa shape index (κ3) is 5.84. The highest BCUT2D eigenvalue weighted by molar-refractivity contribution is 5.44. The predicted octanol–water partition coefficient (Wildman–Crippen LogP) is 5.12. The lowest BCUT2D eigenvalue weighted by Crippen LogP contribution is -2.37. The van der Waals surface area contributed by atoms with Crippen molar-refractivity contribution in [2.45, 2.75) is 58.3 Å². The summed E-state index contributed by atoms with van der Waals surface area (Å²) in [6, 6.07) is 16.1. The number of ether oxygens (including phenoxy) is 2. The van der Waals surface area contributed by atoms with E-state index < -0.39 is 11.9 Å². The normalized spacial score (nSPS) is 16.8. The van der Waals surface area contributed by atoms with Gasteiger partial charge in [0.15, 0.2) is 11.6 Å². The molecule has 0 aliphatic carbocycles. The number of para-hydroxylation sites is 2. The minimum atomic E-state index is -0.438. The first-order valence-electron chi connectivity index (χ1n) is 12.2. The topological polar surface area (TPSA) is 59.8 Å². The maximum absolute atomic E-state index is 14.6. The first kappa shape index (κ1) is 24.4. The SMILES string of the molecule is CCc1nn(-c2ccccc2)c(Oc2ccccc2F)c1CN(C[C@H](O)CC)C[C@@H]1CCCO1. The predicted molar refractivity (Wildman–Crippen MR) is 130 cm³/mol. The van der Waals surface area contributed by atoms with E-state index in [4.69, 9.17) is 14.6 Å². The monoisotopic (exact) mass is 467 g/mol. The van der Waals surface area contributed by atoms with Crippen molar-refractivity contribution in [1.29, 1.82) is 0 Å². The number of aromatic nitrogens is 2. The van der Waals surface area contributed by atoms with Crippen molar-refractivity contribution in [1.82, 2.24) is 14.7 Å². The van der Waals surface area contributed by atoms with E-state index in [1.54, 1.807) is 22.9 Å². The zero-order chi connectivity index (χ0) is 23.9. The third-order valence-corrected chi connectivity index (χ3v) is 6.21. The van der Waals surface area contributed by atoms with Gasteiger partial charge in [-0.05, 0) is 49.9 Å². The first-order chi connectivity index (χ1) is 16.6. The summed E-state index contributed by atoms with van der Waals surface area (Å²) in [7, 11) is 0. The summed E-state index contributed by atoms with van der Waals surface area (Å²) in [5, 5.41) is 15.3. The summed E-state index contributed by atoms with van der Waals surface area (Å²) in [4.78, 5) is 2.21. The van der Waals surface area contributed by atoms with Crippen LogP contribution in [0.2, 0.25) is 0 Å². The second-order valence-corrected chi connectivity index (χ2v) is 8.75. The van der Waals surface area contributed by atoms with Gasteiger partial charge >= 0.3 is 0 Å². The van der Waals surface area contributed by atoms with Gasteiger partial charge in [0.2, 0.25) is 5.88 Å². The Morgan fingerprint density at radius 1 is 1.18 bits per heavy atom. The highest BCUT2D eigenvalue weighted by Crippen LogP contribution is 2.33. The Labute approximate surface area is 200 Å². The molecule has 2 atom stereocenters. The fourth-order valence-corrected chi connectivity index (χ4v) is 4.33. The second kappa shape index (κ2) is 11.6. The van der Waals surface area contributed by atoms with Gasteiger partial charge in [-0.25, -0.2) is 9.07 Å². The number of benzene rings is 2. The molecule has 7 heteroatoms. The van der Waals surface area contributed by atoms with E-state index in [9.17, 15) is 9.50 Å². The molecule has 1 N–H and O–H groups in total. The Hall–Kier alpha value is -2.74. The van der Waals surface area contributed by atoms with Crippen LogP contribution >= 0.6 is 0 Å². The van der Waals surface area contributed by atoms with E-state index >= 15 is 0 Å². The summed E-state index contributed by atoms with van der Waals surface area (Å²) in [5.74, 6) is 0.226. The van der Waals surface area contributed by atoms with Crippen LogP contribution in [-0.4, -0.2) is 51.7 Å². The van der Waals surface area contributed by atoms with Gasteiger partial charge in [-0.1, -0.05) is 44.2 Å². The molecule has 3 aromatic rings. The van der Waals surface area contributed by atoms with Gasteiger partial charge in [0.1, 0.15) is 0 Å². The molecular weight excluding hydrogens is 433 g/mol. The van der Waals surface area contributed by atoms with Crippen LogP contribution in [0.5, 0.6) is 11.6 Å². The van der Waals surface area contributed by atoms with E-state index in [2.05, 4.69) is 11.8 Å². The Kier molecular flexibility index (Phi) is 8.32. The number of nitrogens with zero attached hydrogens (tertiary/aromatic N) is 3. The number of aliphatic hydroxyl groups is 1. The summed E-state index contributed by atoms with van der Waals surface area (Å²) in [5.41, 5.74) is 2.63. The number of halogens is 1. The van der Waals surface area contributed by atoms with Crippen molar-refractivity contribution in [2.75, 3.05) is 19.7 Å². The minimum Gasteiger partial charge on any atom is -0.435 e. The van der Waals surface area contributed by atoms with Crippen LogP contribution in [0.15, 0.2) is 54.6 Å². The van der Waals surface area contributed by atoms with Crippen molar-refractivity contribution in [3.63, 3.8) is 0 Å². The summed E-state index contributed by atoms with van der Waals surface area (Å²) in [6.07, 6.45) is 3.15. The first-order valence-corrected chi connectivity index (χ1v) is 12.2. The van der Waals surface area contributed by atoms with Crippen molar-refractivity contribution >= 4 is 0 Å². The molecule has 0 spiro atoms. The van der Waals surface area contributed by atoms with Gasteiger partial charge in [0, 0.05) is 26.2 Å². The van der Waals surface area contributed by atoms with Crippen LogP contribution in [0.3, 0.4) is 0 Å². The number of aryl methyl sites for hydroxylation is 1. The number of rotatable bonds is 11. The molecule has 0 radical (unpaired) electrons. The molecule has 4 rings (SSSR count). The lowest BCUT2D eigenvalue weighted by molar-refractivity contribution is 0.0451. The molecule has 2 heterocycles. The average molecular weight is 468 g/mol. The molecule has 6 nitrogen and oxygen atoms in total. The lowest BCUT2D eigenvalue weighted by atomic mass is 10.1. The highest BCUT2D eigenvalue weighted by atomic mass is 19.1. The molecule has 2 aromatic carbocycles. The van der Waals surface area contributed by atoms with E-state index in [0.717, 1.165) is 42.9 Å². The molecule has 0 unspecified atom stereocenters. The number of aliphatic hydroxyl groups excluding tert-OH is 1. The van der Waals surface area contributed by atoms with Gasteiger partial charge in [0.25, 0.3) is 0 Å². The molecule has 34 heavy (non-hydrogen) atoms. The zero-order valence-electron chi connectivity index (χ0n) is 20.0. The van der Waals surface area contributed by atoms with Gasteiger partial charge < -0.3 is 14.6 Å². The molecule has 1 aromatic heterocycles. The molecule has 1 aliphatic rings. The molecule has 0 bridgehead atoms. The van der Waals surface area contributed by atoms with E-state index in [1.807, 2.05) is 37.3 Å². The second-order valence-electron chi connectivity index (χ2n) is 8.75. The standard InChI is InChI=1S/C27H34FN3O3/c1-3-21(32)17-30(18-22-13-10-16-33-22)19-23-25(4-2)29-31(20-11-6-5-7-12-20)27(23)34-26-15-9-8-14-24(26)28/h5-9,11-12,14-15,21-22,32H,3-4,10,13,16-19H2,1-2H3/t21-,22+/m1/s1. The number of hydrogen-bond donors (Lipinski definition) is 1. The van der Waals surface area contributed by atoms with Gasteiger partial charge in [-0.15, -0.1) is 0 Å². The summed E-state index contributed by atoms with van der Waals surface area (Å²) in [6.45, 7) is 6.58. The Balaban J connectivity index is 1.74. The maximum atomic E-state index is 14.6. The van der Waals surface area contributed by atoms with Crippen LogP contribution in [0.1, 0.15) is 44.4 Å². The molecule has 182 valence electrons. The maximum Gasteiger partial charge on any atom is 0.227 e. The quantitative estimate of drug-likeness (QED) is 0.424. The number of hydrogen-bond acceptors (Lipinski definition) is 5. The van der Waals surface area contributed by atoms with Crippen LogP contribution in [0.25, 0.3) is 5.69 Å². The Morgan fingerprint density at radius 2 is 1.94 bits per heavy atom. The molecule has 1 aliphatic heterocycles. The van der Waals surface area contributed by atoms with Crippen molar-refractivity contribution in [3.8, 4) is 17.3 Å². The molecular formula is C27H34FN3O3. The molecule has 0 saturated carbocycles. The molecule has 1 fully saturated rings. The fraction of sp³-hybridized carbons (Fsp3) is 0.444. The Bertz CT molecular complexity index is 1050. The summed E-state index contributed by atoms with van der Waals surface area (Å²) >= 11 is 0. The van der Waals surface area contributed by atoms with Crippen molar-refractivity contribution in [2.24, 2.45) is 0 Å². The van der Waals surface area contributed by atoms with Gasteiger partial charge in [-0.3, -0.25) is 4.90 Å². The van der Waals surface area contributed by atoms with Gasteiger partial charge in [-0.2, -0.15) is 5.10 Å². The van der Waals surface area contributed by atoms with Gasteiger partial charge in [0.05, 0.1) is 29.2 Å². The molecule has 0 amide bonds. The van der Waals surface area contributed by atoms with E-state index in [-0.39, 0.29) is 11.9 Å². The van der Waals surface area contributed by atoms with Crippen LogP contribution in [0.4, 0.5) is 4.39 Å². The van der Waals surface area contributed by atoms with E-state index in [0.29, 0.717) is 31.8 Å². The zero-order valence-corrected chi connectivity index (χ0v) is 20.0. The van der Waals surface area contributed by atoms with Crippen LogP contribution in [-0.2, 0) is 17.7 Å².